The first-order valence-corrected chi connectivity index (χ1v) is 4.54. The zero-order valence-corrected chi connectivity index (χ0v) is 9.28. The Morgan fingerprint density at radius 2 is 1.53 bits per heavy atom. The fourth-order valence-corrected chi connectivity index (χ4v) is 0.658. The van der Waals surface area contributed by atoms with E-state index in [1.807, 2.05) is 0 Å². The van der Waals surface area contributed by atoms with Crippen LogP contribution in [0.3, 0.4) is 0 Å². The zero-order chi connectivity index (χ0) is 11.9. The molecule has 1 rings (SSSR count). The van der Waals surface area contributed by atoms with Gasteiger partial charge in [-0.25, -0.2) is 0 Å². The summed E-state index contributed by atoms with van der Waals surface area (Å²) in [6, 6.07) is 2.33. The lowest BCUT2D eigenvalue weighted by atomic mass is 10.5. The molecule has 1 aromatic rings. The Bertz CT molecular complexity index is 323. The summed E-state index contributed by atoms with van der Waals surface area (Å²) < 4.78 is 0.844. The van der Waals surface area contributed by atoms with Gasteiger partial charge < -0.3 is 9.59 Å². The van der Waals surface area contributed by atoms with Gasteiger partial charge in [0, 0.05) is 12.1 Å². The van der Waals surface area contributed by atoms with Crippen LogP contribution in [0, 0.1) is 0 Å². The van der Waals surface area contributed by atoms with Crippen molar-refractivity contribution in [1.29, 1.82) is 0 Å². The van der Waals surface area contributed by atoms with Gasteiger partial charge in [0.15, 0.2) is 0 Å². The first kappa shape index (κ1) is 13.6. The first-order valence-electron chi connectivity index (χ1n) is 4.54. The quantitative estimate of drug-likeness (QED) is 0.540. The van der Waals surface area contributed by atoms with Crippen molar-refractivity contribution >= 4 is 0 Å². The predicted octanol–water partition coefficient (Wildman–Crippen LogP) is -1.25. The van der Waals surface area contributed by atoms with Gasteiger partial charge in [0.25, 0.3) is 11.1 Å². The molecule has 0 aliphatic heterocycles. The second-order valence-electron chi connectivity index (χ2n) is 4.05. The second kappa shape index (κ2) is 6.15. The molecule has 15 heavy (non-hydrogen) atoms. The number of aliphatic hydroxyl groups is 1. The number of H-pyrrole nitrogens is 2. The molecule has 0 aromatic carbocycles. The van der Waals surface area contributed by atoms with E-state index in [0.29, 0.717) is 0 Å². The molecule has 0 aliphatic carbocycles. The number of nitrogens with zero attached hydrogens (tertiary/aromatic N) is 1. The van der Waals surface area contributed by atoms with E-state index in [-0.39, 0.29) is 17.7 Å². The van der Waals surface area contributed by atoms with Crippen LogP contribution in [0.5, 0.6) is 0 Å². The Kier molecular flexibility index (Phi) is 5.58. The fourth-order valence-electron chi connectivity index (χ4n) is 0.658. The van der Waals surface area contributed by atoms with Crippen LogP contribution in [0.15, 0.2) is 21.7 Å². The maximum absolute atomic E-state index is 10.2. The summed E-state index contributed by atoms with van der Waals surface area (Å²) in [7, 11) is 6.16. The molecule has 1 aromatic heterocycles. The van der Waals surface area contributed by atoms with Crippen molar-refractivity contribution in [3.05, 3.63) is 32.8 Å². The van der Waals surface area contributed by atoms with Crippen molar-refractivity contribution in [3.63, 3.8) is 0 Å². The smallest absolute Gasteiger partial charge is 0.262 e. The summed E-state index contributed by atoms with van der Waals surface area (Å²) in [5.41, 5.74) is -0.603. The van der Waals surface area contributed by atoms with E-state index in [9.17, 15) is 9.59 Å². The number of aliphatic hydroxyl groups excluding tert-OH is 1. The van der Waals surface area contributed by atoms with Crippen LogP contribution in [0.2, 0.25) is 0 Å². The van der Waals surface area contributed by atoms with Crippen molar-refractivity contribution in [1.82, 2.24) is 10.2 Å². The SMILES string of the molecule is C[N+](C)(C)CCO.O=c1ccc(=O)[nH][nH]1. The Balaban J connectivity index is 0.000000265. The summed E-state index contributed by atoms with van der Waals surface area (Å²) in [6.45, 7) is 1.11. The van der Waals surface area contributed by atoms with Crippen LogP contribution >= 0.6 is 0 Å². The number of aromatic nitrogens is 2. The van der Waals surface area contributed by atoms with Gasteiger partial charge in [0.2, 0.25) is 0 Å². The van der Waals surface area contributed by atoms with E-state index in [1.54, 1.807) is 0 Å². The number of aromatic amines is 2. The largest absolute Gasteiger partial charge is 0.391 e. The summed E-state index contributed by atoms with van der Waals surface area (Å²) in [4.78, 5) is 20.4. The minimum absolute atomic E-state index is 0.281. The number of quaternary nitrogens is 1. The van der Waals surface area contributed by atoms with Crippen molar-refractivity contribution in [2.24, 2.45) is 0 Å². The Morgan fingerprint density at radius 3 is 1.67 bits per heavy atom. The normalized spacial score (nSPS) is 10.4. The molecule has 0 atom stereocenters. The van der Waals surface area contributed by atoms with Gasteiger partial charge in [-0.3, -0.25) is 19.8 Å². The van der Waals surface area contributed by atoms with Crippen LogP contribution in [0.4, 0.5) is 0 Å². The number of nitrogens with one attached hydrogen (secondary N) is 2. The fraction of sp³-hybridized carbons (Fsp3) is 0.556. The first-order chi connectivity index (χ1) is 6.85. The second-order valence-corrected chi connectivity index (χ2v) is 4.05. The highest BCUT2D eigenvalue weighted by atomic mass is 16.3. The molecule has 0 amide bonds. The summed E-state index contributed by atoms with van der Waals surface area (Å²) >= 11 is 0. The van der Waals surface area contributed by atoms with Crippen LogP contribution in [0.1, 0.15) is 0 Å². The van der Waals surface area contributed by atoms with Gasteiger partial charge in [0.05, 0.1) is 27.7 Å². The van der Waals surface area contributed by atoms with Gasteiger partial charge >= 0.3 is 0 Å². The van der Waals surface area contributed by atoms with E-state index in [0.717, 1.165) is 11.0 Å². The highest BCUT2D eigenvalue weighted by Gasteiger charge is 2.02. The maximum Gasteiger partial charge on any atom is 0.262 e. The molecule has 0 saturated carbocycles. The van der Waals surface area contributed by atoms with Crippen molar-refractivity contribution in [2.45, 2.75) is 0 Å². The molecule has 6 nitrogen and oxygen atoms in total. The molecule has 0 fully saturated rings. The summed E-state index contributed by atoms with van der Waals surface area (Å²) in [5.74, 6) is 0. The minimum atomic E-state index is -0.301. The molecular formula is C9H18N3O3+. The van der Waals surface area contributed by atoms with Gasteiger partial charge in [-0.2, -0.15) is 0 Å². The monoisotopic (exact) mass is 216 g/mol. The molecule has 0 saturated heterocycles. The van der Waals surface area contributed by atoms with E-state index in [2.05, 4.69) is 31.3 Å². The third-order valence-corrected chi connectivity index (χ3v) is 1.47. The molecule has 0 aliphatic rings. The molecule has 0 unspecified atom stereocenters. The molecule has 1 heterocycles. The van der Waals surface area contributed by atoms with E-state index < -0.39 is 0 Å². The molecule has 0 spiro atoms. The molecular weight excluding hydrogens is 198 g/mol. The maximum atomic E-state index is 10.2. The van der Waals surface area contributed by atoms with Crippen LogP contribution in [0.25, 0.3) is 0 Å². The summed E-state index contributed by atoms with van der Waals surface area (Å²) in [6.07, 6.45) is 0. The van der Waals surface area contributed by atoms with E-state index >= 15 is 0 Å². The number of rotatable bonds is 2. The van der Waals surface area contributed by atoms with Crippen molar-refractivity contribution in [3.8, 4) is 0 Å². The van der Waals surface area contributed by atoms with Crippen LogP contribution in [-0.2, 0) is 0 Å². The lowest BCUT2D eigenvalue weighted by Gasteiger charge is -2.21. The third kappa shape index (κ3) is 8.92. The standard InChI is InChI=1S/C5H14NO.C4H4N2O2/c1-6(2,3)4-5-7;7-3-1-2-4(8)6-5-3/h7H,4-5H2,1-3H3;1-2H,(H,5,7)(H,6,8)/q+1;. The average molecular weight is 216 g/mol. The van der Waals surface area contributed by atoms with Gasteiger partial charge in [-0.15, -0.1) is 0 Å². The zero-order valence-electron chi connectivity index (χ0n) is 9.28. The molecule has 3 N–H and O–H groups in total. The Labute approximate surface area is 87.8 Å². The van der Waals surface area contributed by atoms with E-state index in [1.165, 1.54) is 12.1 Å². The molecule has 0 radical (unpaired) electrons. The molecule has 0 bridgehead atoms. The lowest BCUT2D eigenvalue weighted by molar-refractivity contribution is -0.870. The number of likely N-dealkylation sites (N-methyl/N-ethyl adjacent to an activating group) is 1. The number of hydrogen-bond donors (Lipinski definition) is 3. The highest BCUT2D eigenvalue weighted by molar-refractivity contribution is 4.82. The van der Waals surface area contributed by atoms with E-state index in [4.69, 9.17) is 5.11 Å². The minimum Gasteiger partial charge on any atom is -0.391 e. The number of hydrogen-bond acceptors (Lipinski definition) is 3. The Hall–Kier alpha value is -1.40. The van der Waals surface area contributed by atoms with Crippen LogP contribution in [-0.4, -0.2) is 54.1 Å². The lowest BCUT2D eigenvalue weighted by Crippen LogP contribution is -2.36. The topological polar surface area (TPSA) is 85.9 Å². The van der Waals surface area contributed by atoms with Crippen molar-refractivity contribution < 1.29 is 9.59 Å². The van der Waals surface area contributed by atoms with Gasteiger partial charge in [-0.1, -0.05) is 0 Å². The Morgan fingerprint density at radius 1 is 1.13 bits per heavy atom. The van der Waals surface area contributed by atoms with Gasteiger partial charge in [-0.05, 0) is 0 Å². The summed E-state index contributed by atoms with van der Waals surface area (Å²) in [5, 5.41) is 12.6. The average Bonchev–Trinajstić information content (AvgIpc) is 2.09. The molecule has 86 valence electrons. The predicted molar refractivity (Wildman–Crippen MR) is 57.7 cm³/mol. The molecule has 6 heteroatoms. The third-order valence-electron chi connectivity index (χ3n) is 1.47. The van der Waals surface area contributed by atoms with Gasteiger partial charge in [0.1, 0.15) is 6.54 Å². The van der Waals surface area contributed by atoms with Crippen LogP contribution < -0.4 is 11.1 Å². The van der Waals surface area contributed by atoms with Crippen molar-refractivity contribution in [2.75, 3.05) is 34.3 Å². The highest BCUT2D eigenvalue weighted by Crippen LogP contribution is 1.84.